The van der Waals surface area contributed by atoms with Crippen molar-refractivity contribution in [3.63, 3.8) is 0 Å². The molecule has 2 unspecified atom stereocenters. The molecule has 1 fully saturated rings. The summed E-state index contributed by atoms with van der Waals surface area (Å²) in [7, 11) is 3.46. The second-order valence-corrected chi connectivity index (χ2v) is 9.25. The minimum atomic E-state index is -0.339. The maximum absolute atomic E-state index is 13.5. The molecule has 0 saturated carbocycles. The average molecular weight is 424 g/mol. The zero-order valence-corrected chi connectivity index (χ0v) is 19.1. The van der Waals surface area contributed by atoms with Crippen molar-refractivity contribution in [1.82, 2.24) is 15.1 Å². The SMILES string of the molecule is COc1cccc(C2CN(C(=O)NC(C)(C)C)CC2C(=O)N(C)Cc2ccccc2)c1. The molecule has 166 valence electrons. The Hall–Kier alpha value is -3.02. The van der Waals surface area contributed by atoms with E-state index in [2.05, 4.69) is 5.32 Å². The molecular weight excluding hydrogens is 390 g/mol. The first kappa shape index (κ1) is 22.7. The molecule has 1 heterocycles. The molecule has 1 aliphatic heterocycles. The molecule has 0 spiro atoms. The summed E-state index contributed by atoms with van der Waals surface area (Å²) in [4.78, 5) is 29.9. The minimum absolute atomic E-state index is 0.0442. The third-order valence-corrected chi connectivity index (χ3v) is 5.57. The fourth-order valence-corrected chi connectivity index (χ4v) is 4.05. The lowest BCUT2D eigenvalue weighted by atomic mass is 9.88. The second-order valence-electron chi connectivity index (χ2n) is 9.25. The lowest BCUT2D eigenvalue weighted by Gasteiger charge is -2.26. The van der Waals surface area contributed by atoms with Gasteiger partial charge in [0.15, 0.2) is 0 Å². The topological polar surface area (TPSA) is 61.9 Å². The first-order chi connectivity index (χ1) is 14.7. The smallest absolute Gasteiger partial charge is 0.317 e. The van der Waals surface area contributed by atoms with Crippen LogP contribution in [0.2, 0.25) is 0 Å². The molecule has 1 aliphatic rings. The molecule has 3 rings (SSSR count). The van der Waals surface area contributed by atoms with Crippen molar-refractivity contribution in [2.45, 2.75) is 38.8 Å². The number of hydrogen-bond acceptors (Lipinski definition) is 3. The summed E-state index contributed by atoms with van der Waals surface area (Å²) in [5.41, 5.74) is 1.75. The Morgan fingerprint density at radius 1 is 1.10 bits per heavy atom. The van der Waals surface area contributed by atoms with E-state index in [4.69, 9.17) is 4.74 Å². The maximum atomic E-state index is 13.5. The first-order valence-electron chi connectivity index (χ1n) is 10.7. The summed E-state index contributed by atoms with van der Waals surface area (Å²) in [6.45, 7) is 7.28. The van der Waals surface area contributed by atoms with Gasteiger partial charge in [-0.2, -0.15) is 0 Å². The number of likely N-dealkylation sites (tertiary alicyclic amines) is 1. The molecule has 2 aromatic carbocycles. The molecule has 0 bridgehead atoms. The van der Waals surface area contributed by atoms with E-state index in [0.29, 0.717) is 19.6 Å². The molecule has 1 N–H and O–H groups in total. The van der Waals surface area contributed by atoms with E-state index in [1.54, 1.807) is 16.9 Å². The Balaban J connectivity index is 1.84. The third kappa shape index (κ3) is 5.78. The van der Waals surface area contributed by atoms with Gasteiger partial charge in [-0.3, -0.25) is 4.79 Å². The van der Waals surface area contributed by atoms with Crippen molar-refractivity contribution in [2.75, 3.05) is 27.2 Å². The van der Waals surface area contributed by atoms with Gasteiger partial charge in [0.05, 0.1) is 13.0 Å². The van der Waals surface area contributed by atoms with Crippen LogP contribution >= 0.6 is 0 Å². The van der Waals surface area contributed by atoms with Crippen molar-refractivity contribution in [1.29, 1.82) is 0 Å². The molecule has 1 saturated heterocycles. The van der Waals surface area contributed by atoms with Crippen molar-refractivity contribution in [3.05, 3.63) is 65.7 Å². The van der Waals surface area contributed by atoms with Gasteiger partial charge in [-0.1, -0.05) is 42.5 Å². The molecular formula is C25H33N3O3. The lowest BCUT2D eigenvalue weighted by molar-refractivity contribution is -0.134. The first-order valence-corrected chi connectivity index (χ1v) is 10.7. The number of nitrogens with zero attached hydrogens (tertiary/aromatic N) is 2. The number of hydrogen-bond donors (Lipinski definition) is 1. The van der Waals surface area contributed by atoms with Crippen LogP contribution in [0.15, 0.2) is 54.6 Å². The van der Waals surface area contributed by atoms with E-state index in [9.17, 15) is 9.59 Å². The Kier molecular flexibility index (Phi) is 6.88. The van der Waals surface area contributed by atoms with E-state index in [1.807, 2.05) is 82.4 Å². The van der Waals surface area contributed by atoms with Gasteiger partial charge >= 0.3 is 6.03 Å². The molecule has 0 radical (unpaired) electrons. The highest BCUT2D eigenvalue weighted by molar-refractivity contribution is 5.83. The summed E-state index contributed by atoms with van der Waals surface area (Å²) < 4.78 is 5.39. The molecule has 0 aliphatic carbocycles. The van der Waals surface area contributed by atoms with Gasteiger partial charge in [0, 0.05) is 38.1 Å². The number of urea groups is 1. The van der Waals surface area contributed by atoms with E-state index in [0.717, 1.165) is 16.9 Å². The molecule has 3 amide bonds. The molecule has 6 heteroatoms. The Morgan fingerprint density at radius 3 is 2.45 bits per heavy atom. The fourth-order valence-electron chi connectivity index (χ4n) is 4.05. The maximum Gasteiger partial charge on any atom is 0.317 e. The molecule has 2 atom stereocenters. The molecule has 6 nitrogen and oxygen atoms in total. The van der Waals surface area contributed by atoms with Crippen molar-refractivity contribution in [2.24, 2.45) is 5.92 Å². The lowest BCUT2D eigenvalue weighted by Crippen LogP contribution is -2.48. The summed E-state index contributed by atoms with van der Waals surface area (Å²) in [6.07, 6.45) is 0. The van der Waals surface area contributed by atoms with Gasteiger partial charge in [-0.25, -0.2) is 4.79 Å². The predicted octanol–water partition coefficient (Wildman–Crippen LogP) is 3.88. The van der Waals surface area contributed by atoms with Crippen LogP contribution in [0.5, 0.6) is 5.75 Å². The molecule has 31 heavy (non-hydrogen) atoms. The highest BCUT2D eigenvalue weighted by Gasteiger charge is 2.42. The Bertz CT molecular complexity index is 908. The van der Waals surface area contributed by atoms with E-state index >= 15 is 0 Å². The highest BCUT2D eigenvalue weighted by Crippen LogP contribution is 2.35. The Labute approximate surface area is 185 Å². The highest BCUT2D eigenvalue weighted by atomic mass is 16.5. The zero-order chi connectivity index (χ0) is 22.6. The van der Waals surface area contributed by atoms with Crippen LogP contribution in [0.1, 0.15) is 37.8 Å². The second kappa shape index (κ2) is 9.41. The van der Waals surface area contributed by atoms with Crippen LogP contribution in [0, 0.1) is 5.92 Å². The van der Waals surface area contributed by atoms with Crippen LogP contribution in [0.25, 0.3) is 0 Å². The standard InChI is InChI=1S/C25H33N3O3/c1-25(2,3)26-24(30)28-16-21(19-12-9-13-20(14-19)31-5)22(17-28)23(29)27(4)15-18-10-7-6-8-11-18/h6-14,21-22H,15-17H2,1-5H3,(H,26,30). The number of amides is 3. The summed E-state index contributed by atoms with van der Waals surface area (Å²) in [5, 5.41) is 3.02. The van der Waals surface area contributed by atoms with E-state index in [-0.39, 0.29) is 29.3 Å². The van der Waals surface area contributed by atoms with E-state index < -0.39 is 0 Å². The number of ether oxygens (including phenoxy) is 1. The number of nitrogens with one attached hydrogen (secondary N) is 1. The normalized spacial score (nSPS) is 18.5. The minimum Gasteiger partial charge on any atom is -0.497 e. The van der Waals surface area contributed by atoms with Gasteiger partial charge in [0.2, 0.25) is 5.91 Å². The van der Waals surface area contributed by atoms with Crippen molar-refractivity contribution < 1.29 is 14.3 Å². The van der Waals surface area contributed by atoms with Gasteiger partial charge in [-0.15, -0.1) is 0 Å². The Morgan fingerprint density at radius 2 is 1.81 bits per heavy atom. The average Bonchev–Trinajstić information content (AvgIpc) is 3.18. The van der Waals surface area contributed by atoms with Crippen LogP contribution < -0.4 is 10.1 Å². The number of carbonyl (C=O) groups is 2. The number of benzene rings is 2. The van der Waals surface area contributed by atoms with Gasteiger partial charge in [0.1, 0.15) is 5.75 Å². The van der Waals surface area contributed by atoms with Gasteiger partial charge < -0.3 is 19.9 Å². The van der Waals surface area contributed by atoms with Gasteiger partial charge in [0.25, 0.3) is 0 Å². The van der Waals surface area contributed by atoms with Gasteiger partial charge in [-0.05, 0) is 44.0 Å². The van der Waals surface area contributed by atoms with Crippen molar-refractivity contribution >= 4 is 11.9 Å². The zero-order valence-electron chi connectivity index (χ0n) is 19.1. The number of methoxy groups -OCH3 is 1. The van der Waals surface area contributed by atoms with Crippen molar-refractivity contribution in [3.8, 4) is 5.75 Å². The van der Waals surface area contributed by atoms with Crippen LogP contribution in [0.4, 0.5) is 4.79 Å². The quantitative estimate of drug-likeness (QED) is 0.794. The third-order valence-electron chi connectivity index (χ3n) is 5.57. The monoisotopic (exact) mass is 423 g/mol. The number of rotatable bonds is 5. The summed E-state index contributed by atoms with van der Waals surface area (Å²) in [5.74, 6) is 0.389. The van der Waals surface area contributed by atoms with Crippen LogP contribution in [-0.2, 0) is 11.3 Å². The van der Waals surface area contributed by atoms with E-state index in [1.165, 1.54) is 0 Å². The molecule has 2 aromatic rings. The largest absolute Gasteiger partial charge is 0.497 e. The number of carbonyl (C=O) groups excluding carboxylic acids is 2. The fraction of sp³-hybridized carbons (Fsp3) is 0.440. The summed E-state index contributed by atoms with van der Waals surface area (Å²) in [6, 6.07) is 17.6. The predicted molar refractivity (Wildman–Crippen MR) is 122 cm³/mol. The summed E-state index contributed by atoms with van der Waals surface area (Å²) >= 11 is 0. The van der Waals surface area contributed by atoms with Crippen LogP contribution in [-0.4, -0.2) is 54.5 Å². The van der Waals surface area contributed by atoms with Crippen LogP contribution in [0.3, 0.4) is 0 Å². The molecule has 0 aromatic heterocycles.